The van der Waals surface area contributed by atoms with Gasteiger partial charge in [-0.1, -0.05) is 72.8 Å². The topological polar surface area (TPSA) is 65.6 Å². The van der Waals surface area contributed by atoms with Gasteiger partial charge >= 0.3 is 0 Å². The Bertz CT molecular complexity index is 1760. The van der Waals surface area contributed by atoms with Gasteiger partial charge in [-0.2, -0.15) is 0 Å². The molecule has 0 atom stereocenters. The van der Waals surface area contributed by atoms with Crippen molar-refractivity contribution in [2.75, 3.05) is 59.7 Å². The molecule has 1 saturated heterocycles. The van der Waals surface area contributed by atoms with Crippen LogP contribution < -0.4 is 4.74 Å². The normalized spacial score (nSPS) is 16.2. The van der Waals surface area contributed by atoms with E-state index in [4.69, 9.17) is 9.47 Å². The molecule has 4 aromatic carbocycles. The predicted octanol–water partition coefficient (Wildman–Crippen LogP) is 6.73. The first kappa shape index (κ1) is 36.5. The molecule has 6 rings (SSSR count). The van der Waals surface area contributed by atoms with Crippen LogP contribution in [0.3, 0.4) is 0 Å². The standard InChI is InChI=1S/C43H52N4O4/c1-33-12-4-5-14-36(33)29-44-22-24-45(30-37-15-6-9-18-41(37)51-32-50-3)25-27-46(26-23-44)31-38-28-35(20-19-34(38)2)13-10-11-21-47-42(48)39-16-7-8-17-40(39)43(47)49/h4-9,12,14-20,28H,10-11,13,21-27,29-32H2,1-3H3. The van der Waals surface area contributed by atoms with E-state index in [0.29, 0.717) is 17.7 Å². The number of nitrogens with zero attached hydrogens (tertiary/aromatic N) is 4. The summed E-state index contributed by atoms with van der Waals surface area (Å²) in [5.74, 6) is 0.540. The Morgan fingerprint density at radius 1 is 0.588 bits per heavy atom. The maximum Gasteiger partial charge on any atom is 0.261 e. The molecule has 0 unspecified atom stereocenters. The Morgan fingerprint density at radius 3 is 1.75 bits per heavy atom. The van der Waals surface area contributed by atoms with Crippen molar-refractivity contribution in [3.05, 3.63) is 136 Å². The molecule has 2 aliphatic heterocycles. The van der Waals surface area contributed by atoms with E-state index < -0.39 is 0 Å². The van der Waals surface area contributed by atoms with Gasteiger partial charge in [0.05, 0.1) is 11.1 Å². The molecule has 0 spiro atoms. The molecule has 4 aromatic rings. The smallest absolute Gasteiger partial charge is 0.261 e. The number of fused-ring (bicyclic) bond motifs is 1. The van der Waals surface area contributed by atoms with E-state index in [1.807, 2.05) is 24.3 Å². The summed E-state index contributed by atoms with van der Waals surface area (Å²) >= 11 is 0. The summed E-state index contributed by atoms with van der Waals surface area (Å²) in [6.45, 7) is 13.7. The number of methoxy groups -OCH3 is 1. The summed E-state index contributed by atoms with van der Waals surface area (Å²) in [6.07, 6.45) is 2.62. The molecule has 0 radical (unpaired) electrons. The lowest BCUT2D eigenvalue weighted by atomic mass is 10.0. The van der Waals surface area contributed by atoms with E-state index in [9.17, 15) is 9.59 Å². The molecule has 0 saturated carbocycles. The summed E-state index contributed by atoms with van der Waals surface area (Å²) in [6, 6.07) is 31.0. The average Bonchev–Trinajstić information content (AvgIpc) is 3.43. The number of benzene rings is 4. The summed E-state index contributed by atoms with van der Waals surface area (Å²) < 4.78 is 11.1. The number of hydrogen-bond acceptors (Lipinski definition) is 7. The fourth-order valence-corrected chi connectivity index (χ4v) is 7.16. The van der Waals surface area contributed by atoms with Crippen molar-refractivity contribution in [1.82, 2.24) is 19.6 Å². The first-order valence-corrected chi connectivity index (χ1v) is 18.3. The van der Waals surface area contributed by atoms with Crippen molar-refractivity contribution in [3.8, 4) is 5.75 Å². The number of para-hydroxylation sites is 1. The van der Waals surface area contributed by atoms with E-state index in [-0.39, 0.29) is 18.6 Å². The first-order valence-electron chi connectivity index (χ1n) is 18.3. The minimum absolute atomic E-state index is 0.169. The van der Waals surface area contributed by atoms with Crippen LogP contribution in [0.15, 0.2) is 91.0 Å². The summed E-state index contributed by atoms with van der Waals surface area (Å²) in [5, 5.41) is 0. The minimum atomic E-state index is -0.169. The van der Waals surface area contributed by atoms with Crippen molar-refractivity contribution >= 4 is 11.8 Å². The Hall–Kier alpha value is -4.34. The third kappa shape index (κ3) is 9.51. The van der Waals surface area contributed by atoms with Gasteiger partial charge in [0.2, 0.25) is 0 Å². The first-order chi connectivity index (χ1) is 24.9. The number of imide groups is 1. The van der Waals surface area contributed by atoms with Gasteiger partial charge < -0.3 is 9.47 Å². The number of ether oxygens (including phenoxy) is 2. The molecule has 2 amide bonds. The van der Waals surface area contributed by atoms with Crippen molar-refractivity contribution in [1.29, 1.82) is 0 Å². The van der Waals surface area contributed by atoms with E-state index in [1.54, 1.807) is 19.2 Å². The van der Waals surface area contributed by atoms with Crippen LogP contribution in [0.5, 0.6) is 5.75 Å². The van der Waals surface area contributed by atoms with Crippen LogP contribution in [0.4, 0.5) is 0 Å². The monoisotopic (exact) mass is 688 g/mol. The molecule has 0 N–H and O–H groups in total. The SMILES string of the molecule is COCOc1ccccc1CN1CCN(Cc2ccccc2C)CCN(Cc2cc(CCCCN3C(=O)c4ccccc4C3=O)ccc2C)CC1. The Labute approximate surface area is 303 Å². The van der Waals surface area contributed by atoms with Crippen LogP contribution in [0.1, 0.15) is 66.9 Å². The lowest BCUT2D eigenvalue weighted by molar-refractivity contribution is 0.0497. The van der Waals surface area contributed by atoms with E-state index >= 15 is 0 Å². The number of hydrogen-bond donors (Lipinski definition) is 0. The maximum absolute atomic E-state index is 12.8. The molecule has 268 valence electrons. The number of aryl methyl sites for hydroxylation is 3. The van der Waals surface area contributed by atoms with Crippen LogP contribution in [-0.4, -0.2) is 91.1 Å². The zero-order valence-corrected chi connectivity index (χ0v) is 30.5. The second-order valence-corrected chi connectivity index (χ2v) is 13.9. The van der Waals surface area contributed by atoms with Crippen molar-refractivity contribution in [2.45, 2.75) is 52.7 Å². The third-order valence-corrected chi connectivity index (χ3v) is 10.3. The van der Waals surface area contributed by atoms with Crippen molar-refractivity contribution in [3.63, 3.8) is 0 Å². The van der Waals surface area contributed by atoms with Gasteiger partial charge in [-0.15, -0.1) is 0 Å². The maximum atomic E-state index is 12.8. The van der Waals surface area contributed by atoms with Gasteiger partial charge in [-0.05, 0) is 79.1 Å². The molecule has 0 aliphatic carbocycles. The second-order valence-electron chi connectivity index (χ2n) is 13.9. The largest absolute Gasteiger partial charge is 0.467 e. The van der Waals surface area contributed by atoms with Gasteiger partial charge in [-0.25, -0.2) is 0 Å². The highest BCUT2D eigenvalue weighted by molar-refractivity contribution is 6.21. The quantitative estimate of drug-likeness (QED) is 0.0828. The van der Waals surface area contributed by atoms with Gasteiger partial charge in [0.15, 0.2) is 6.79 Å². The van der Waals surface area contributed by atoms with E-state index in [1.165, 1.54) is 38.3 Å². The number of carbonyl (C=O) groups is 2. The zero-order valence-electron chi connectivity index (χ0n) is 30.5. The number of unbranched alkanes of at least 4 members (excludes halogenated alkanes) is 1. The molecule has 8 nitrogen and oxygen atoms in total. The van der Waals surface area contributed by atoms with Gasteiger partial charge in [0, 0.05) is 78.1 Å². The minimum Gasteiger partial charge on any atom is -0.467 e. The van der Waals surface area contributed by atoms with Crippen LogP contribution in [-0.2, 0) is 30.8 Å². The molecule has 0 aromatic heterocycles. The van der Waals surface area contributed by atoms with E-state index in [2.05, 4.69) is 83.1 Å². The molecule has 51 heavy (non-hydrogen) atoms. The van der Waals surface area contributed by atoms with Crippen LogP contribution in [0.2, 0.25) is 0 Å². The van der Waals surface area contributed by atoms with Crippen LogP contribution in [0.25, 0.3) is 0 Å². The summed E-state index contributed by atoms with van der Waals surface area (Å²) in [7, 11) is 1.65. The number of rotatable bonds is 14. The molecule has 1 fully saturated rings. The summed E-state index contributed by atoms with van der Waals surface area (Å²) in [4.78, 5) is 34.8. The molecule has 2 aliphatic rings. The Morgan fingerprint density at radius 2 is 1.12 bits per heavy atom. The molecule has 0 bridgehead atoms. The highest BCUT2D eigenvalue weighted by Crippen LogP contribution is 2.24. The molecular weight excluding hydrogens is 636 g/mol. The Kier molecular flexibility index (Phi) is 12.7. The van der Waals surface area contributed by atoms with Crippen LogP contribution >= 0.6 is 0 Å². The molecular formula is C43H52N4O4. The average molecular weight is 689 g/mol. The lowest BCUT2D eigenvalue weighted by Gasteiger charge is -2.27. The second kappa shape index (κ2) is 17.7. The van der Waals surface area contributed by atoms with Crippen molar-refractivity contribution in [2.24, 2.45) is 0 Å². The highest BCUT2D eigenvalue weighted by atomic mass is 16.7. The van der Waals surface area contributed by atoms with Crippen LogP contribution in [0, 0.1) is 13.8 Å². The fraction of sp³-hybridized carbons (Fsp3) is 0.395. The van der Waals surface area contributed by atoms with Gasteiger partial charge in [0.1, 0.15) is 5.75 Å². The van der Waals surface area contributed by atoms with Gasteiger partial charge in [-0.3, -0.25) is 29.2 Å². The zero-order chi connectivity index (χ0) is 35.6. The lowest BCUT2D eigenvalue weighted by Crippen LogP contribution is -2.35. The third-order valence-electron chi connectivity index (χ3n) is 10.3. The summed E-state index contributed by atoms with van der Waals surface area (Å²) in [5.41, 5.74) is 8.92. The van der Waals surface area contributed by atoms with Crippen molar-refractivity contribution < 1.29 is 19.1 Å². The number of amides is 2. The molecule has 2 heterocycles. The highest BCUT2D eigenvalue weighted by Gasteiger charge is 2.34. The van der Waals surface area contributed by atoms with Gasteiger partial charge in [0.25, 0.3) is 11.8 Å². The Balaban J connectivity index is 1.10. The predicted molar refractivity (Wildman–Crippen MR) is 202 cm³/mol. The van der Waals surface area contributed by atoms with E-state index in [0.717, 1.165) is 83.9 Å². The fourth-order valence-electron chi connectivity index (χ4n) is 7.16. The number of carbonyl (C=O) groups excluding carboxylic acids is 2. The molecule has 8 heteroatoms.